The van der Waals surface area contributed by atoms with Crippen molar-refractivity contribution in [2.45, 2.75) is 58.2 Å². The van der Waals surface area contributed by atoms with Gasteiger partial charge in [0.1, 0.15) is 0 Å². The van der Waals surface area contributed by atoms with E-state index >= 15 is 0 Å². The topological polar surface area (TPSA) is 92.8 Å². The number of hydrogen-bond acceptors (Lipinski definition) is 6. The van der Waals surface area contributed by atoms with Gasteiger partial charge in [0.2, 0.25) is 5.95 Å². The van der Waals surface area contributed by atoms with Crippen LogP contribution < -0.4 is 10.6 Å². The summed E-state index contributed by atoms with van der Waals surface area (Å²) in [5.41, 5.74) is 5.10. The van der Waals surface area contributed by atoms with Crippen LogP contribution >= 0.6 is 11.6 Å². The molecule has 1 aliphatic rings. The van der Waals surface area contributed by atoms with Crippen LogP contribution in [0, 0.1) is 13.8 Å². The molecule has 5 rings (SSSR count). The monoisotopic (exact) mass is 479 g/mol. The van der Waals surface area contributed by atoms with Crippen molar-refractivity contribution in [1.82, 2.24) is 29.6 Å². The number of anilines is 2. The van der Waals surface area contributed by atoms with Crippen molar-refractivity contribution in [3.8, 4) is 5.82 Å². The number of aliphatic hydroxyl groups is 1. The Labute approximate surface area is 204 Å². The highest BCUT2D eigenvalue weighted by Gasteiger charge is 2.19. The number of rotatable bonds is 6. The van der Waals surface area contributed by atoms with Gasteiger partial charge in [0, 0.05) is 65.9 Å². The van der Waals surface area contributed by atoms with Gasteiger partial charge in [-0.15, -0.1) is 0 Å². The second-order valence-corrected chi connectivity index (χ2v) is 9.50. The number of nitrogens with zero attached hydrogens (tertiary/aromatic N) is 5. The Hall–Kier alpha value is -2.94. The number of benzene rings is 1. The van der Waals surface area contributed by atoms with Crippen LogP contribution in [0.4, 0.5) is 11.6 Å². The van der Waals surface area contributed by atoms with Gasteiger partial charge in [-0.25, -0.2) is 9.67 Å². The van der Waals surface area contributed by atoms with Gasteiger partial charge in [-0.2, -0.15) is 10.1 Å². The lowest BCUT2D eigenvalue weighted by Crippen LogP contribution is -2.34. The van der Waals surface area contributed by atoms with E-state index in [0.717, 1.165) is 70.8 Å². The Bertz CT molecular complexity index is 1320. The van der Waals surface area contributed by atoms with E-state index < -0.39 is 0 Å². The smallest absolute Gasteiger partial charge is 0.229 e. The Kier molecular flexibility index (Phi) is 6.29. The molecule has 8 nitrogen and oxygen atoms in total. The molecule has 0 amide bonds. The summed E-state index contributed by atoms with van der Waals surface area (Å²) in [6, 6.07) is 8.36. The average molecular weight is 480 g/mol. The molecule has 34 heavy (non-hydrogen) atoms. The van der Waals surface area contributed by atoms with Gasteiger partial charge < -0.3 is 20.3 Å². The summed E-state index contributed by atoms with van der Waals surface area (Å²) in [5, 5.41) is 23.0. The minimum Gasteiger partial charge on any atom is -0.393 e. The molecule has 9 heteroatoms. The molecule has 0 aliphatic heterocycles. The second kappa shape index (κ2) is 9.37. The molecule has 0 bridgehead atoms. The van der Waals surface area contributed by atoms with E-state index in [0.29, 0.717) is 17.8 Å². The first-order valence-corrected chi connectivity index (χ1v) is 12.1. The van der Waals surface area contributed by atoms with Crippen molar-refractivity contribution in [3.05, 3.63) is 58.6 Å². The molecule has 1 saturated carbocycles. The minimum atomic E-state index is -0.140. The van der Waals surface area contributed by atoms with Crippen molar-refractivity contribution in [3.63, 3.8) is 0 Å². The molecular weight excluding hydrogens is 450 g/mol. The van der Waals surface area contributed by atoms with Crippen LogP contribution in [0.5, 0.6) is 0 Å². The lowest BCUT2D eigenvalue weighted by atomic mass is 9.93. The first kappa shape index (κ1) is 22.8. The lowest BCUT2D eigenvalue weighted by molar-refractivity contribution is 0.116. The summed E-state index contributed by atoms with van der Waals surface area (Å²) in [6.45, 7) is 4.77. The maximum Gasteiger partial charge on any atom is 0.229 e. The average Bonchev–Trinajstić information content (AvgIpc) is 3.32. The molecule has 1 aliphatic carbocycles. The summed E-state index contributed by atoms with van der Waals surface area (Å²) in [4.78, 5) is 9.05. The highest BCUT2D eigenvalue weighted by atomic mass is 35.5. The summed E-state index contributed by atoms with van der Waals surface area (Å²) in [6.07, 6.45) is 7.36. The number of aromatic nitrogens is 5. The number of hydrogen-bond donors (Lipinski definition) is 3. The Balaban J connectivity index is 1.31. The molecule has 0 saturated heterocycles. The normalized spacial score (nSPS) is 18.5. The van der Waals surface area contributed by atoms with Gasteiger partial charge >= 0.3 is 0 Å². The van der Waals surface area contributed by atoms with E-state index in [4.69, 9.17) is 11.6 Å². The summed E-state index contributed by atoms with van der Waals surface area (Å²) >= 11 is 6.52. The molecule has 0 atom stereocenters. The van der Waals surface area contributed by atoms with Crippen molar-refractivity contribution >= 4 is 34.1 Å². The fourth-order valence-electron chi connectivity index (χ4n) is 4.59. The zero-order chi connectivity index (χ0) is 23.8. The largest absolute Gasteiger partial charge is 0.393 e. The van der Waals surface area contributed by atoms with Crippen LogP contribution in [0.2, 0.25) is 5.02 Å². The molecule has 0 spiro atoms. The molecule has 3 heterocycles. The van der Waals surface area contributed by atoms with Crippen LogP contribution in [0.1, 0.15) is 42.6 Å². The predicted octanol–water partition coefficient (Wildman–Crippen LogP) is 4.56. The number of nitrogens with one attached hydrogen (secondary N) is 2. The molecule has 1 fully saturated rings. The van der Waals surface area contributed by atoms with E-state index in [1.54, 1.807) is 10.9 Å². The van der Waals surface area contributed by atoms with E-state index in [9.17, 15) is 5.11 Å². The Morgan fingerprint density at radius 2 is 1.94 bits per heavy atom. The SMILES string of the molecule is Cc1nn(-c2ccnc(Nc3ccc4c(c3)c(Cl)c(C)n4C)n2)cc1CN[C@H]1CC[C@H](O)CC1. The van der Waals surface area contributed by atoms with Gasteiger partial charge in [-0.05, 0) is 57.7 Å². The van der Waals surface area contributed by atoms with Crippen molar-refractivity contribution in [2.24, 2.45) is 7.05 Å². The van der Waals surface area contributed by atoms with Crippen LogP contribution in [-0.2, 0) is 13.6 Å². The highest BCUT2D eigenvalue weighted by Crippen LogP contribution is 2.32. The van der Waals surface area contributed by atoms with E-state index in [1.165, 1.54) is 0 Å². The van der Waals surface area contributed by atoms with Crippen molar-refractivity contribution < 1.29 is 5.11 Å². The third kappa shape index (κ3) is 4.53. The molecule has 3 aromatic heterocycles. The molecule has 4 aromatic rings. The Morgan fingerprint density at radius 3 is 2.74 bits per heavy atom. The van der Waals surface area contributed by atoms with E-state index in [2.05, 4.69) is 30.3 Å². The summed E-state index contributed by atoms with van der Waals surface area (Å²) in [7, 11) is 2.01. The standard InChI is InChI=1S/C25H30ClN7O/c1-15-17(13-28-18-4-7-20(34)8-5-18)14-33(31-15)23-10-11-27-25(30-23)29-19-6-9-22-21(12-19)24(26)16(2)32(22)3/h6,9-12,14,18,20,28,34H,4-5,7-8,13H2,1-3H3,(H,27,29,30)/t18-,20-. The van der Waals surface area contributed by atoms with Gasteiger partial charge in [0.05, 0.1) is 16.8 Å². The quantitative estimate of drug-likeness (QED) is 0.375. The van der Waals surface area contributed by atoms with Crippen LogP contribution in [0.15, 0.2) is 36.7 Å². The number of halogens is 1. The predicted molar refractivity (Wildman–Crippen MR) is 135 cm³/mol. The zero-order valence-electron chi connectivity index (χ0n) is 19.7. The first-order chi connectivity index (χ1) is 16.4. The molecule has 0 unspecified atom stereocenters. The number of aryl methyl sites for hydroxylation is 2. The molecule has 3 N–H and O–H groups in total. The zero-order valence-corrected chi connectivity index (χ0v) is 20.5. The van der Waals surface area contributed by atoms with Crippen LogP contribution in [0.25, 0.3) is 16.7 Å². The second-order valence-electron chi connectivity index (χ2n) is 9.12. The summed E-state index contributed by atoms with van der Waals surface area (Å²) < 4.78 is 3.88. The molecule has 178 valence electrons. The lowest BCUT2D eigenvalue weighted by Gasteiger charge is -2.26. The fraction of sp³-hybridized carbons (Fsp3) is 0.400. The minimum absolute atomic E-state index is 0.140. The van der Waals surface area contributed by atoms with Gasteiger partial charge in [0.15, 0.2) is 5.82 Å². The third-order valence-electron chi connectivity index (χ3n) is 6.83. The van der Waals surface area contributed by atoms with Crippen LogP contribution in [-0.4, -0.2) is 41.6 Å². The Morgan fingerprint density at radius 1 is 1.15 bits per heavy atom. The molecule has 0 radical (unpaired) electrons. The third-order valence-corrected chi connectivity index (χ3v) is 7.30. The highest BCUT2D eigenvalue weighted by molar-refractivity contribution is 6.36. The first-order valence-electron chi connectivity index (χ1n) is 11.7. The van der Waals surface area contributed by atoms with E-state index in [1.807, 2.05) is 51.4 Å². The van der Waals surface area contributed by atoms with Gasteiger partial charge in [0.25, 0.3) is 0 Å². The van der Waals surface area contributed by atoms with Crippen molar-refractivity contribution in [1.29, 1.82) is 0 Å². The fourth-order valence-corrected chi connectivity index (χ4v) is 4.87. The molecule has 1 aromatic carbocycles. The van der Waals surface area contributed by atoms with Gasteiger partial charge in [-0.1, -0.05) is 11.6 Å². The van der Waals surface area contributed by atoms with Crippen molar-refractivity contribution in [2.75, 3.05) is 5.32 Å². The van der Waals surface area contributed by atoms with E-state index in [-0.39, 0.29) is 6.10 Å². The summed E-state index contributed by atoms with van der Waals surface area (Å²) in [5.74, 6) is 1.19. The van der Waals surface area contributed by atoms with Gasteiger partial charge in [-0.3, -0.25) is 0 Å². The molecular formula is C25H30ClN7O. The van der Waals surface area contributed by atoms with Crippen LogP contribution in [0.3, 0.4) is 0 Å². The maximum absolute atomic E-state index is 9.71. The number of fused-ring (bicyclic) bond motifs is 1. The maximum atomic E-state index is 9.71. The number of aliphatic hydroxyl groups excluding tert-OH is 1.